The number of hydrogen-bond donors (Lipinski definition) is 1. The maximum Gasteiger partial charge on any atom is 0.320 e. The summed E-state index contributed by atoms with van der Waals surface area (Å²) in [6, 6.07) is 13.5. The van der Waals surface area contributed by atoms with Gasteiger partial charge in [0.25, 0.3) is 0 Å². The molecule has 1 saturated heterocycles. The van der Waals surface area contributed by atoms with Crippen LogP contribution in [0.3, 0.4) is 0 Å². The van der Waals surface area contributed by atoms with Gasteiger partial charge in [-0.3, -0.25) is 9.69 Å². The smallest absolute Gasteiger partial charge is 0.320 e. The van der Waals surface area contributed by atoms with Gasteiger partial charge in [-0.1, -0.05) is 37.6 Å². The van der Waals surface area contributed by atoms with Crippen molar-refractivity contribution in [1.82, 2.24) is 4.90 Å². The van der Waals surface area contributed by atoms with Gasteiger partial charge in [-0.25, -0.2) is 0 Å². The van der Waals surface area contributed by atoms with Crippen LogP contribution in [0, 0.1) is 0 Å². The predicted molar refractivity (Wildman–Crippen MR) is 109 cm³/mol. The molecule has 1 aliphatic heterocycles. The number of nitrogens with zero attached hydrogens (tertiary/aromatic N) is 1. The van der Waals surface area contributed by atoms with Gasteiger partial charge < -0.3 is 14.6 Å². The highest BCUT2D eigenvalue weighted by Gasteiger charge is 2.36. The minimum Gasteiger partial charge on any atom is -0.497 e. The first-order valence-corrected chi connectivity index (χ1v) is 9.88. The molecule has 0 aromatic heterocycles. The van der Waals surface area contributed by atoms with Gasteiger partial charge in [0.1, 0.15) is 17.5 Å². The lowest BCUT2D eigenvalue weighted by Crippen LogP contribution is -2.46. The number of hydrogen-bond acceptors (Lipinski definition) is 4. The van der Waals surface area contributed by atoms with Crippen molar-refractivity contribution >= 4 is 5.97 Å². The van der Waals surface area contributed by atoms with Crippen LogP contribution in [-0.2, 0) is 11.2 Å². The van der Waals surface area contributed by atoms with E-state index in [2.05, 4.69) is 36.1 Å². The average molecular weight is 383 g/mol. The average Bonchev–Trinajstić information content (AvgIpc) is 2.74. The number of carboxylic acid groups (broad SMARTS) is 1. The summed E-state index contributed by atoms with van der Waals surface area (Å²) in [5.41, 5.74) is 3.30. The third kappa shape index (κ3) is 4.14. The Morgan fingerprint density at radius 2 is 1.89 bits per heavy atom. The normalized spacial score (nSPS) is 18.5. The number of carboxylic acids is 1. The fourth-order valence-electron chi connectivity index (χ4n) is 4.06. The fraction of sp³-hybridized carbons (Fsp3) is 0.435. The van der Waals surface area contributed by atoms with Crippen LogP contribution in [0.25, 0.3) is 0 Å². The predicted octanol–water partition coefficient (Wildman–Crippen LogP) is 4.29. The maximum absolute atomic E-state index is 12.0. The van der Waals surface area contributed by atoms with E-state index in [0.717, 1.165) is 36.9 Å². The second-order valence-corrected chi connectivity index (χ2v) is 7.19. The molecule has 1 fully saturated rings. The highest BCUT2D eigenvalue weighted by Crippen LogP contribution is 2.40. The monoisotopic (exact) mass is 383 g/mol. The Kier molecular flexibility index (Phi) is 6.57. The van der Waals surface area contributed by atoms with E-state index in [1.54, 1.807) is 14.2 Å². The van der Waals surface area contributed by atoms with Crippen LogP contribution in [-0.4, -0.2) is 42.8 Å². The van der Waals surface area contributed by atoms with Crippen LogP contribution in [0.5, 0.6) is 11.5 Å². The summed E-state index contributed by atoms with van der Waals surface area (Å²) >= 11 is 0. The lowest BCUT2D eigenvalue weighted by Gasteiger charge is -2.40. The lowest BCUT2D eigenvalue weighted by atomic mass is 9.90. The van der Waals surface area contributed by atoms with Gasteiger partial charge in [0.05, 0.1) is 20.3 Å². The maximum atomic E-state index is 12.0. The molecule has 0 amide bonds. The Hall–Kier alpha value is -2.53. The van der Waals surface area contributed by atoms with Gasteiger partial charge in [-0.15, -0.1) is 0 Å². The van der Waals surface area contributed by atoms with Crippen molar-refractivity contribution in [1.29, 1.82) is 0 Å². The molecule has 150 valence electrons. The van der Waals surface area contributed by atoms with Gasteiger partial charge in [0.2, 0.25) is 0 Å². The van der Waals surface area contributed by atoms with Crippen LogP contribution in [0.15, 0.2) is 42.5 Å². The Balaban J connectivity index is 2.12. The molecule has 2 aromatic carbocycles. The Labute approximate surface area is 166 Å². The van der Waals surface area contributed by atoms with Crippen molar-refractivity contribution in [3.05, 3.63) is 59.2 Å². The van der Waals surface area contributed by atoms with Crippen LogP contribution < -0.4 is 9.47 Å². The third-order valence-electron chi connectivity index (χ3n) is 5.60. The number of benzene rings is 2. The molecule has 5 heteroatoms. The molecule has 0 radical (unpaired) electrons. The molecule has 2 aromatic rings. The second kappa shape index (κ2) is 9.11. The third-order valence-corrected chi connectivity index (χ3v) is 5.60. The zero-order valence-electron chi connectivity index (χ0n) is 16.9. The summed E-state index contributed by atoms with van der Waals surface area (Å²) in [6.45, 7) is 2.87. The van der Waals surface area contributed by atoms with Crippen LogP contribution in [0.1, 0.15) is 48.9 Å². The van der Waals surface area contributed by atoms with Gasteiger partial charge >= 0.3 is 5.97 Å². The number of ether oxygens (including phenoxy) is 2. The SMILES string of the molecule is CCc1ccc(C(c2ccc(OC)cc2OC)N2CCCCC2C(=O)O)cc1. The minimum absolute atomic E-state index is 0.187. The van der Waals surface area contributed by atoms with E-state index in [0.29, 0.717) is 17.9 Å². The minimum atomic E-state index is -0.762. The molecule has 0 aliphatic carbocycles. The molecule has 0 bridgehead atoms. The van der Waals surface area contributed by atoms with E-state index in [9.17, 15) is 9.90 Å². The summed E-state index contributed by atoms with van der Waals surface area (Å²) in [6.07, 6.45) is 3.57. The molecule has 28 heavy (non-hydrogen) atoms. The van der Waals surface area contributed by atoms with Crippen molar-refractivity contribution in [3.8, 4) is 11.5 Å². The van der Waals surface area contributed by atoms with E-state index in [1.807, 2.05) is 18.2 Å². The van der Waals surface area contributed by atoms with Crippen molar-refractivity contribution < 1.29 is 19.4 Å². The van der Waals surface area contributed by atoms with Crippen molar-refractivity contribution in [3.63, 3.8) is 0 Å². The largest absolute Gasteiger partial charge is 0.497 e. The summed E-state index contributed by atoms with van der Waals surface area (Å²) in [4.78, 5) is 14.1. The fourth-order valence-corrected chi connectivity index (χ4v) is 4.06. The molecule has 1 aliphatic rings. The Bertz CT molecular complexity index is 803. The van der Waals surface area contributed by atoms with Gasteiger partial charge in [0, 0.05) is 11.6 Å². The highest BCUT2D eigenvalue weighted by molar-refractivity contribution is 5.74. The number of piperidine rings is 1. The standard InChI is InChI=1S/C23H29NO4/c1-4-16-8-10-17(11-9-16)22(24-14-6-5-7-20(24)23(25)26)19-13-12-18(27-2)15-21(19)28-3/h8-13,15,20,22H,4-7,14H2,1-3H3,(H,25,26). The second-order valence-electron chi connectivity index (χ2n) is 7.19. The van der Waals surface area contributed by atoms with Crippen LogP contribution >= 0.6 is 0 Å². The Morgan fingerprint density at radius 1 is 1.14 bits per heavy atom. The topological polar surface area (TPSA) is 59.0 Å². The zero-order valence-corrected chi connectivity index (χ0v) is 16.9. The van der Waals surface area contributed by atoms with E-state index in [1.165, 1.54) is 5.56 Å². The van der Waals surface area contributed by atoms with Crippen LogP contribution in [0.2, 0.25) is 0 Å². The summed E-state index contributed by atoms with van der Waals surface area (Å²) in [7, 11) is 3.26. The van der Waals surface area contributed by atoms with Crippen molar-refractivity contribution in [2.75, 3.05) is 20.8 Å². The molecule has 1 N–H and O–H groups in total. The first kappa shape index (κ1) is 20.2. The number of methoxy groups -OCH3 is 2. The molecule has 2 unspecified atom stereocenters. The first-order chi connectivity index (χ1) is 13.6. The highest BCUT2D eigenvalue weighted by atomic mass is 16.5. The summed E-state index contributed by atoms with van der Waals surface area (Å²) in [5, 5.41) is 9.85. The molecular weight excluding hydrogens is 354 g/mol. The van der Waals surface area contributed by atoms with E-state index in [4.69, 9.17) is 9.47 Å². The van der Waals surface area contributed by atoms with Gasteiger partial charge in [0.15, 0.2) is 0 Å². The first-order valence-electron chi connectivity index (χ1n) is 9.88. The molecule has 2 atom stereocenters. The number of rotatable bonds is 7. The van der Waals surface area contributed by atoms with Crippen LogP contribution in [0.4, 0.5) is 0 Å². The quantitative estimate of drug-likeness (QED) is 0.773. The van der Waals surface area contributed by atoms with Crippen molar-refractivity contribution in [2.45, 2.75) is 44.7 Å². The number of carbonyl (C=O) groups is 1. The van der Waals surface area contributed by atoms with Gasteiger partial charge in [-0.05, 0) is 49.1 Å². The zero-order chi connectivity index (χ0) is 20.1. The lowest BCUT2D eigenvalue weighted by molar-refractivity contribution is -0.145. The molecule has 1 heterocycles. The van der Waals surface area contributed by atoms with E-state index >= 15 is 0 Å². The summed E-state index contributed by atoms with van der Waals surface area (Å²) in [5.74, 6) is 0.662. The van der Waals surface area contributed by atoms with Gasteiger partial charge in [-0.2, -0.15) is 0 Å². The molecular formula is C23H29NO4. The number of likely N-dealkylation sites (tertiary alicyclic amines) is 1. The number of aliphatic carboxylic acids is 1. The molecule has 5 nitrogen and oxygen atoms in total. The molecule has 0 saturated carbocycles. The Morgan fingerprint density at radius 3 is 2.50 bits per heavy atom. The van der Waals surface area contributed by atoms with E-state index in [-0.39, 0.29) is 6.04 Å². The molecule has 0 spiro atoms. The van der Waals surface area contributed by atoms with E-state index < -0.39 is 12.0 Å². The number of aryl methyl sites for hydroxylation is 1. The van der Waals surface area contributed by atoms with Crippen molar-refractivity contribution in [2.24, 2.45) is 0 Å². The molecule has 3 rings (SSSR count). The summed E-state index contributed by atoms with van der Waals surface area (Å²) < 4.78 is 11.0.